The molecule has 1 aromatic carbocycles. The summed E-state index contributed by atoms with van der Waals surface area (Å²) in [6.07, 6.45) is 0.811. The molecule has 94 valence electrons. The van der Waals surface area contributed by atoms with Crippen LogP contribution in [0.25, 0.3) is 0 Å². The second kappa shape index (κ2) is 7.07. The van der Waals surface area contributed by atoms with Crippen LogP contribution < -0.4 is 0 Å². The Labute approximate surface area is 103 Å². The number of hydrogen-bond donors (Lipinski definition) is 0. The summed E-state index contributed by atoms with van der Waals surface area (Å²) in [5.41, 5.74) is 1.26. The predicted octanol–water partition coefficient (Wildman–Crippen LogP) is 2.32. The van der Waals surface area contributed by atoms with Crippen LogP contribution in [0.4, 0.5) is 0 Å². The van der Waals surface area contributed by atoms with Gasteiger partial charge in [0.25, 0.3) is 0 Å². The van der Waals surface area contributed by atoms with Crippen LogP contribution in [0.1, 0.15) is 18.9 Å². The molecule has 1 atom stereocenters. The highest BCUT2D eigenvalue weighted by molar-refractivity contribution is 5.72. The van der Waals surface area contributed by atoms with Gasteiger partial charge >= 0.3 is 5.97 Å². The highest BCUT2D eigenvalue weighted by atomic mass is 16.5. The van der Waals surface area contributed by atoms with Crippen molar-refractivity contribution in [1.29, 1.82) is 0 Å². The van der Waals surface area contributed by atoms with Crippen molar-refractivity contribution >= 4 is 5.97 Å². The number of methoxy groups -OCH3 is 1. The van der Waals surface area contributed by atoms with Crippen LogP contribution in [0, 0.1) is 5.92 Å². The Kier molecular flexibility index (Phi) is 5.70. The van der Waals surface area contributed by atoms with E-state index >= 15 is 0 Å². The molecular formula is C14H21NO2. The molecule has 0 aromatic heterocycles. The van der Waals surface area contributed by atoms with Gasteiger partial charge in [-0.2, -0.15) is 0 Å². The van der Waals surface area contributed by atoms with Gasteiger partial charge in [-0.15, -0.1) is 0 Å². The number of esters is 1. The van der Waals surface area contributed by atoms with Crippen molar-refractivity contribution in [1.82, 2.24) is 4.90 Å². The summed E-state index contributed by atoms with van der Waals surface area (Å²) >= 11 is 0. The van der Waals surface area contributed by atoms with Crippen molar-refractivity contribution in [3.8, 4) is 0 Å². The van der Waals surface area contributed by atoms with E-state index in [1.54, 1.807) is 0 Å². The number of benzene rings is 1. The highest BCUT2D eigenvalue weighted by Crippen LogP contribution is 2.09. The molecule has 0 fully saturated rings. The number of ether oxygens (including phenoxy) is 1. The lowest BCUT2D eigenvalue weighted by atomic mass is 10.1. The van der Waals surface area contributed by atoms with E-state index in [1.165, 1.54) is 12.7 Å². The molecule has 0 aliphatic heterocycles. The quantitative estimate of drug-likeness (QED) is 0.709. The summed E-state index contributed by atoms with van der Waals surface area (Å²) in [5.74, 6) is -0.152. The van der Waals surface area contributed by atoms with Gasteiger partial charge in [0.1, 0.15) is 0 Å². The van der Waals surface area contributed by atoms with Crippen molar-refractivity contribution < 1.29 is 9.53 Å². The first-order chi connectivity index (χ1) is 8.17. The molecule has 0 amide bonds. The fourth-order valence-electron chi connectivity index (χ4n) is 1.87. The molecule has 0 N–H and O–H groups in total. The smallest absolute Gasteiger partial charge is 0.309 e. The third-order valence-corrected chi connectivity index (χ3v) is 2.85. The normalized spacial score (nSPS) is 12.5. The van der Waals surface area contributed by atoms with Gasteiger partial charge in [0.2, 0.25) is 0 Å². The van der Waals surface area contributed by atoms with Crippen LogP contribution in [0.15, 0.2) is 30.3 Å². The van der Waals surface area contributed by atoms with Gasteiger partial charge < -0.3 is 9.64 Å². The minimum absolute atomic E-state index is 0.0336. The molecule has 0 heterocycles. The van der Waals surface area contributed by atoms with Gasteiger partial charge in [-0.05, 0) is 19.0 Å². The van der Waals surface area contributed by atoms with Crippen LogP contribution in [0.2, 0.25) is 0 Å². The molecule has 0 saturated carbocycles. The van der Waals surface area contributed by atoms with Crippen LogP contribution in [0.5, 0.6) is 0 Å². The second-order valence-electron chi connectivity index (χ2n) is 4.31. The van der Waals surface area contributed by atoms with Crippen LogP contribution in [-0.4, -0.2) is 31.6 Å². The molecule has 0 bridgehead atoms. The molecule has 0 aliphatic carbocycles. The van der Waals surface area contributed by atoms with E-state index in [0.29, 0.717) is 0 Å². The zero-order chi connectivity index (χ0) is 12.7. The summed E-state index contributed by atoms with van der Waals surface area (Å²) in [7, 11) is 3.47. The maximum absolute atomic E-state index is 11.5. The third kappa shape index (κ3) is 4.57. The predicted molar refractivity (Wildman–Crippen MR) is 68.6 cm³/mol. The fraction of sp³-hybridized carbons (Fsp3) is 0.500. The zero-order valence-corrected chi connectivity index (χ0v) is 10.8. The minimum atomic E-state index is -0.118. The Morgan fingerprint density at radius 1 is 1.35 bits per heavy atom. The van der Waals surface area contributed by atoms with E-state index in [0.717, 1.165) is 19.5 Å². The SMILES string of the molecule is CCC(CN(C)Cc1ccccc1)C(=O)OC. The number of hydrogen-bond acceptors (Lipinski definition) is 3. The molecule has 3 nitrogen and oxygen atoms in total. The maximum Gasteiger partial charge on any atom is 0.309 e. The Morgan fingerprint density at radius 3 is 2.53 bits per heavy atom. The topological polar surface area (TPSA) is 29.5 Å². The molecular weight excluding hydrogens is 214 g/mol. The van der Waals surface area contributed by atoms with Gasteiger partial charge in [0, 0.05) is 13.1 Å². The first-order valence-electron chi connectivity index (χ1n) is 5.97. The number of rotatable bonds is 6. The monoisotopic (exact) mass is 235 g/mol. The lowest BCUT2D eigenvalue weighted by Gasteiger charge is -2.21. The maximum atomic E-state index is 11.5. The first-order valence-corrected chi connectivity index (χ1v) is 5.97. The van der Waals surface area contributed by atoms with Crippen LogP contribution in [0.3, 0.4) is 0 Å². The van der Waals surface area contributed by atoms with Crippen molar-refractivity contribution in [3.05, 3.63) is 35.9 Å². The lowest BCUT2D eigenvalue weighted by molar-refractivity contribution is -0.146. The molecule has 1 unspecified atom stereocenters. The van der Waals surface area contributed by atoms with E-state index < -0.39 is 0 Å². The van der Waals surface area contributed by atoms with Crippen LogP contribution >= 0.6 is 0 Å². The number of carbonyl (C=O) groups excluding carboxylic acids is 1. The van der Waals surface area contributed by atoms with Gasteiger partial charge in [-0.3, -0.25) is 4.79 Å². The van der Waals surface area contributed by atoms with Crippen molar-refractivity contribution in [3.63, 3.8) is 0 Å². The number of carbonyl (C=O) groups is 1. The summed E-state index contributed by atoms with van der Waals surface area (Å²) < 4.78 is 4.79. The van der Waals surface area contributed by atoms with Crippen molar-refractivity contribution in [2.45, 2.75) is 19.9 Å². The molecule has 1 aromatic rings. The highest BCUT2D eigenvalue weighted by Gasteiger charge is 2.18. The van der Waals surface area contributed by atoms with E-state index in [-0.39, 0.29) is 11.9 Å². The zero-order valence-electron chi connectivity index (χ0n) is 10.8. The van der Waals surface area contributed by atoms with Gasteiger partial charge in [0.05, 0.1) is 13.0 Å². The van der Waals surface area contributed by atoms with E-state index in [2.05, 4.69) is 17.0 Å². The lowest BCUT2D eigenvalue weighted by Crippen LogP contribution is -2.30. The molecule has 1 rings (SSSR count). The van der Waals surface area contributed by atoms with Gasteiger partial charge in [0.15, 0.2) is 0 Å². The molecule has 0 radical (unpaired) electrons. The van der Waals surface area contributed by atoms with Crippen molar-refractivity contribution in [2.24, 2.45) is 5.92 Å². The fourth-order valence-corrected chi connectivity index (χ4v) is 1.87. The molecule has 0 aliphatic rings. The Balaban J connectivity index is 2.48. The molecule has 17 heavy (non-hydrogen) atoms. The Bertz CT molecular complexity index is 337. The summed E-state index contributed by atoms with van der Waals surface area (Å²) in [6, 6.07) is 10.2. The van der Waals surface area contributed by atoms with E-state index in [1.807, 2.05) is 32.2 Å². The Hall–Kier alpha value is -1.35. The van der Waals surface area contributed by atoms with Gasteiger partial charge in [-0.25, -0.2) is 0 Å². The third-order valence-electron chi connectivity index (χ3n) is 2.85. The second-order valence-corrected chi connectivity index (χ2v) is 4.31. The van der Waals surface area contributed by atoms with Crippen molar-refractivity contribution in [2.75, 3.05) is 20.7 Å². The Morgan fingerprint density at radius 2 is 2.00 bits per heavy atom. The summed E-state index contributed by atoms with van der Waals surface area (Å²) in [6.45, 7) is 3.60. The average molecular weight is 235 g/mol. The first kappa shape index (κ1) is 13.7. The average Bonchev–Trinajstić information content (AvgIpc) is 2.36. The van der Waals surface area contributed by atoms with Gasteiger partial charge in [-0.1, -0.05) is 37.3 Å². The standard InChI is InChI=1S/C14H21NO2/c1-4-13(14(16)17-3)11-15(2)10-12-8-6-5-7-9-12/h5-9,13H,4,10-11H2,1-3H3. The largest absolute Gasteiger partial charge is 0.469 e. The van der Waals surface area contributed by atoms with Crippen LogP contribution in [-0.2, 0) is 16.1 Å². The van der Waals surface area contributed by atoms with E-state index in [9.17, 15) is 4.79 Å². The van der Waals surface area contributed by atoms with E-state index in [4.69, 9.17) is 4.74 Å². The molecule has 0 spiro atoms. The minimum Gasteiger partial charge on any atom is -0.469 e. The molecule has 3 heteroatoms. The summed E-state index contributed by atoms with van der Waals surface area (Å²) in [4.78, 5) is 13.6. The number of nitrogens with zero attached hydrogens (tertiary/aromatic N) is 1. The molecule has 0 saturated heterocycles. The summed E-state index contributed by atoms with van der Waals surface area (Å²) in [5, 5.41) is 0.